The molecule has 0 amide bonds. The summed E-state index contributed by atoms with van der Waals surface area (Å²) in [4.78, 5) is 0. The first-order chi connectivity index (χ1) is 9.29. The number of benzene rings is 1. The summed E-state index contributed by atoms with van der Waals surface area (Å²) in [5.41, 5.74) is 1.26. The molecule has 2 rings (SSSR count). The SMILES string of the molecule is CCCCC(C)NCc1ccc2c(c1)OCCCO2. The van der Waals surface area contributed by atoms with Crippen LogP contribution in [0.4, 0.5) is 0 Å². The van der Waals surface area contributed by atoms with Gasteiger partial charge in [0, 0.05) is 19.0 Å². The minimum absolute atomic E-state index is 0.566. The second kappa shape index (κ2) is 7.39. The number of hydrogen-bond donors (Lipinski definition) is 1. The fraction of sp³-hybridized carbons (Fsp3) is 0.625. The van der Waals surface area contributed by atoms with Crippen LogP contribution in [0.15, 0.2) is 18.2 Å². The molecule has 19 heavy (non-hydrogen) atoms. The molecule has 0 fully saturated rings. The zero-order chi connectivity index (χ0) is 13.5. The van der Waals surface area contributed by atoms with Crippen LogP contribution in [0, 0.1) is 0 Å². The monoisotopic (exact) mass is 263 g/mol. The van der Waals surface area contributed by atoms with Crippen LogP contribution in [0.25, 0.3) is 0 Å². The van der Waals surface area contributed by atoms with Crippen LogP contribution in [0.1, 0.15) is 45.1 Å². The lowest BCUT2D eigenvalue weighted by atomic mass is 10.1. The van der Waals surface area contributed by atoms with Gasteiger partial charge in [0.1, 0.15) is 0 Å². The topological polar surface area (TPSA) is 30.5 Å². The smallest absolute Gasteiger partial charge is 0.161 e. The third-order valence-corrected chi connectivity index (χ3v) is 3.46. The van der Waals surface area contributed by atoms with E-state index in [2.05, 4.69) is 31.3 Å². The number of unbranched alkanes of at least 4 members (excludes halogenated alkanes) is 1. The Labute approximate surface area is 116 Å². The molecular weight excluding hydrogens is 238 g/mol. The molecule has 1 atom stereocenters. The molecule has 0 radical (unpaired) electrons. The number of nitrogens with one attached hydrogen (secondary N) is 1. The lowest BCUT2D eigenvalue weighted by Gasteiger charge is -2.14. The van der Waals surface area contributed by atoms with Crippen molar-refractivity contribution in [2.45, 2.75) is 52.1 Å². The van der Waals surface area contributed by atoms with Crippen LogP contribution in [-0.4, -0.2) is 19.3 Å². The Hall–Kier alpha value is -1.22. The van der Waals surface area contributed by atoms with Crippen LogP contribution in [0.3, 0.4) is 0 Å². The van der Waals surface area contributed by atoms with Gasteiger partial charge in [-0.25, -0.2) is 0 Å². The molecule has 1 aliphatic heterocycles. The van der Waals surface area contributed by atoms with Crippen LogP contribution in [0.2, 0.25) is 0 Å². The Morgan fingerprint density at radius 3 is 2.79 bits per heavy atom. The van der Waals surface area contributed by atoms with Gasteiger partial charge in [0.25, 0.3) is 0 Å². The summed E-state index contributed by atoms with van der Waals surface area (Å²) in [6, 6.07) is 6.80. The second-order valence-corrected chi connectivity index (χ2v) is 5.26. The first kappa shape index (κ1) is 14.2. The molecule has 0 saturated carbocycles. The van der Waals surface area contributed by atoms with E-state index in [1.54, 1.807) is 0 Å². The van der Waals surface area contributed by atoms with Gasteiger partial charge in [-0.1, -0.05) is 25.8 Å². The average Bonchev–Trinajstić information content (AvgIpc) is 2.67. The van der Waals surface area contributed by atoms with Gasteiger partial charge >= 0.3 is 0 Å². The molecule has 3 heteroatoms. The van der Waals surface area contributed by atoms with Gasteiger partial charge in [-0.2, -0.15) is 0 Å². The van der Waals surface area contributed by atoms with Gasteiger partial charge in [-0.05, 0) is 31.0 Å². The Morgan fingerprint density at radius 2 is 2.00 bits per heavy atom. The summed E-state index contributed by atoms with van der Waals surface area (Å²) in [6.45, 7) is 6.87. The van der Waals surface area contributed by atoms with E-state index in [-0.39, 0.29) is 0 Å². The Morgan fingerprint density at radius 1 is 1.21 bits per heavy atom. The van der Waals surface area contributed by atoms with Crippen molar-refractivity contribution in [2.24, 2.45) is 0 Å². The maximum Gasteiger partial charge on any atom is 0.161 e. The molecular formula is C16H25NO2. The molecule has 1 N–H and O–H groups in total. The summed E-state index contributed by atoms with van der Waals surface area (Å²) in [6.07, 6.45) is 4.74. The van der Waals surface area contributed by atoms with Crippen molar-refractivity contribution in [1.29, 1.82) is 0 Å². The first-order valence-corrected chi connectivity index (χ1v) is 7.41. The van der Waals surface area contributed by atoms with Gasteiger partial charge in [-0.3, -0.25) is 0 Å². The molecule has 1 unspecified atom stereocenters. The Kier molecular flexibility index (Phi) is 5.52. The fourth-order valence-electron chi connectivity index (χ4n) is 2.22. The Bertz CT molecular complexity index is 392. The quantitative estimate of drug-likeness (QED) is 0.852. The largest absolute Gasteiger partial charge is 0.490 e. The standard InChI is InChI=1S/C16H25NO2/c1-3-4-6-13(2)17-12-14-7-8-15-16(11-14)19-10-5-9-18-15/h7-8,11,13,17H,3-6,9-10,12H2,1-2H3. The van der Waals surface area contributed by atoms with E-state index in [9.17, 15) is 0 Å². The lowest BCUT2D eigenvalue weighted by Crippen LogP contribution is -2.25. The number of ether oxygens (including phenoxy) is 2. The molecule has 1 aromatic carbocycles. The van der Waals surface area contributed by atoms with Crippen LogP contribution >= 0.6 is 0 Å². The second-order valence-electron chi connectivity index (χ2n) is 5.26. The molecule has 0 bridgehead atoms. The van der Waals surface area contributed by atoms with Gasteiger partial charge in [0.15, 0.2) is 11.5 Å². The van der Waals surface area contributed by atoms with E-state index >= 15 is 0 Å². The predicted octanol–water partition coefficient (Wildman–Crippen LogP) is 3.52. The molecule has 0 aromatic heterocycles. The molecule has 0 aliphatic carbocycles. The Balaban J connectivity index is 1.89. The van der Waals surface area contributed by atoms with Gasteiger partial charge in [0.05, 0.1) is 13.2 Å². The summed E-state index contributed by atoms with van der Waals surface area (Å²) >= 11 is 0. The lowest BCUT2D eigenvalue weighted by molar-refractivity contribution is 0.297. The van der Waals surface area contributed by atoms with E-state index in [4.69, 9.17) is 9.47 Å². The van der Waals surface area contributed by atoms with Crippen molar-refractivity contribution in [3.8, 4) is 11.5 Å². The van der Waals surface area contributed by atoms with Crippen molar-refractivity contribution in [3.63, 3.8) is 0 Å². The zero-order valence-electron chi connectivity index (χ0n) is 12.1. The van der Waals surface area contributed by atoms with Crippen molar-refractivity contribution in [2.75, 3.05) is 13.2 Å². The number of hydrogen-bond acceptors (Lipinski definition) is 3. The van der Waals surface area contributed by atoms with E-state index < -0.39 is 0 Å². The molecule has 0 spiro atoms. The highest BCUT2D eigenvalue weighted by atomic mass is 16.5. The maximum absolute atomic E-state index is 5.71. The summed E-state index contributed by atoms with van der Waals surface area (Å²) < 4.78 is 11.3. The molecule has 3 nitrogen and oxygen atoms in total. The molecule has 1 aromatic rings. The van der Waals surface area contributed by atoms with Crippen molar-refractivity contribution in [1.82, 2.24) is 5.32 Å². The predicted molar refractivity (Wildman–Crippen MR) is 77.9 cm³/mol. The van der Waals surface area contributed by atoms with E-state index in [1.807, 2.05) is 6.07 Å². The molecule has 0 saturated heterocycles. The summed E-state index contributed by atoms with van der Waals surface area (Å²) in [5, 5.41) is 3.56. The average molecular weight is 263 g/mol. The third kappa shape index (κ3) is 4.43. The maximum atomic E-state index is 5.71. The molecule has 1 heterocycles. The van der Waals surface area contributed by atoms with Gasteiger partial charge < -0.3 is 14.8 Å². The van der Waals surface area contributed by atoms with E-state index in [0.29, 0.717) is 6.04 Å². The molecule has 106 valence electrons. The van der Waals surface area contributed by atoms with Crippen LogP contribution < -0.4 is 14.8 Å². The van der Waals surface area contributed by atoms with Crippen LogP contribution in [0.5, 0.6) is 11.5 Å². The van der Waals surface area contributed by atoms with Crippen molar-refractivity contribution in [3.05, 3.63) is 23.8 Å². The minimum Gasteiger partial charge on any atom is -0.490 e. The number of rotatable bonds is 6. The first-order valence-electron chi connectivity index (χ1n) is 7.41. The highest BCUT2D eigenvalue weighted by Crippen LogP contribution is 2.30. The fourth-order valence-corrected chi connectivity index (χ4v) is 2.22. The highest BCUT2D eigenvalue weighted by Gasteiger charge is 2.10. The normalized spacial score (nSPS) is 15.9. The van der Waals surface area contributed by atoms with Crippen LogP contribution in [-0.2, 0) is 6.54 Å². The van der Waals surface area contributed by atoms with E-state index in [1.165, 1.54) is 24.8 Å². The van der Waals surface area contributed by atoms with Crippen molar-refractivity contribution >= 4 is 0 Å². The number of fused-ring (bicyclic) bond motifs is 1. The zero-order valence-corrected chi connectivity index (χ0v) is 12.1. The third-order valence-electron chi connectivity index (χ3n) is 3.46. The minimum atomic E-state index is 0.566. The van der Waals surface area contributed by atoms with E-state index in [0.717, 1.165) is 37.7 Å². The van der Waals surface area contributed by atoms with Gasteiger partial charge in [-0.15, -0.1) is 0 Å². The molecule has 1 aliphatic rings. The summed E-state index contributed by atoms with van der Waals surface area (Å²) in [5.74, 6) is 1.76. The summed E-state index contributed by atoms with van der Waals surface area (Å²) in [7, 11) is 0. The highest BCUT2D eigenvalue weighted by molar-refractivity contribution is 5.43. The van der Waals surface area contributed by atoms with Gasteiger partial charge in [0.2, 0.25) is 0 Å². The van der Waals surface area contributed by atoms with Crippen molar-refractivity contribution < 1.29 is 9.47 Å².